The molecule has 0 atom stereocenters. The van der Waals surface area contributed by atoms with Crippen LogP contribution in [0, 0.1) is 0 Å². The molecule has 1 saturated heterocycles. The van der Waals surface area contributed by atoms with Gasteiger partial charge in [-0.15, -0.1) is 0 Å². The number of fused-ring (bicyclic) bond motifs is 1. The Kier molecular flexibility index (Phi) is 2.99. The van der Waals surface area contributed by atoms with Gasteiger partial charge in [0.2, 0.25) is 10.0 Å². The Hall–Kier alpha value is -1.31. The van der Waals surface area contributed by atoms with Crippen LogP contribution in [0.5, 0.6) is 0 Å². The molecule has 6 nitrogen and oxygen atoms in total. The van der Waals surface area contributed by atoms with Gasteiger partial charge in [0.25, 0.3) is 0 Å². The van der Waals surface area contributed by atoms with E-state index in [4.69, 9.17) is 11.6 Å². The van der Waals surface area contributed by atoms with Gasteiger partial charge in [0.1, 0.15) is 0 Å². The van der Waals surface area contributed by atoms with Crippen molar-refractivity contribution >= 4 is 38.2 Å². The van der Waals surface area contributed by atoms with E-state index in [0.29, 0.717) is 24.7 Å². The zero-order chi connectivity index (χ0) is 15.5. The summed E-state index contributed by atoms with van der Waals surface area (Å²) in [4.78, 5) is 2.23. The van der Waals surface area contributed by atoms with Gasteiger partial charge in [-0.2, -0.15) is 9.40 Å². The van der Waals surface area contributed by atoms with Gasteiger partial charge in [-0.1, -0.05) is 11.6 Å². The van der Waals surface area contributed by atoms with Gasteiger partial charge >= 0.3 is 0 Å². The van der Waals surface area contributed by atoms with E-state index in [1.165, 1.54) is 6.26 Å². The summed E-state index contributed by atoms with van der Waals surface area (Å²) in [5.74, 6) is 0. The lowest BCUT2D eigenvalue weighted by atomic mass is 10.1. The first-order valence-corrected chi connectivity index (χ1v) is 9.47. The minimum Gasteiger partial charge on any atom is -0.368 e. The van der Waals surface area contributed by atoms with E-state index >= 15 is 0 Å². The Morgan fingerprint density at radius 3 is 2.77 bits per heavy atom. The highest BCUT2D eigenvalue weighted by Gasteiger charge is 2.54. The minimum atomic E-state index is -3.15. The lowest BCUT2D eigenvalue weighted by Crippen LogP contribution is -2.56. The zero-order valence-electron chi connectivity index (χ0n) is 12.2. The first-order valence-electron chi connectivity index (χ1n) is 7.24. The largest absolute Gasteiger partial charge is 0.368 e. The van der Waals surface area contributed by atoms with E-state index in [1.54, 1.807) is 10.5 Å². The number of aromatic nitrogens is 2. The number of H-pyrrole nitrogens is 1. The Morgan fingerprint density at radius 1 is 1.32 bits per heavy atom. The normalized spacial score (nSPS) is 21.6. The molecule has 118 valence electrons. The molecule has 4 rings (SSSR count). The van der Waals surface area contributed by atoms with E-state index in [9.17, 15) is 8.42 Å². The Morgan fingerprint density at radius 2 is 2.09 bits per heavy atom. The third-order valence-corrected chi connectivity index (χ3v) is 6.25. The molecule has 0 radical (unpaired) electrons. The summed E-state index contributed by atoms with van der Waals surface area (Å²) in [6.07, 6.45) is 4.94. The number of anilines is 1. The van der Waals surface area contributed by atoms with Crippen LogP contribution in [0.4, 0.5) is 5.69 Å². The molecule has 1 N–H and O–H groups in total. The second kappa shape index (κ2) is 4.59. The van der Waals surface area contributed by atoms with Crippen molar-refractivity contribution in [2.24, 2.45) is 0 Å². The maximum Gasteiger partial charge on any atom is 0.211 e. The monoisotopic (exact) mass is 340 g/mol. The van der Waals surface area contributed by atoms with E-state index in [2.05, 4.69) is 15.1 Å². The predicted molar refractivity (Wildman–Crippen MR) is 86.8 cm³/mol. The fourth-order valence-corrected chi connectivity index (χ4v) is 5.07. The Labute approximate surface area is 134 Å². The van der Waals surface area contributed by atoms with E-state index < -0.39 is 10.0 Å². The van der Waals surface area contributed by atoms with Crippen LogP contribution in [-0.4, -0.2) is 54.3 Å². The predicted octanol–water partition coefficient (Wildman–Crippen LogP) is 1.83. The van der Waals surface area contributed by atoms with Crippen molar-refractivity contribution in [3.05, 3.63) is 23.4 Å². The second-order valence-corrected chi connectivity index (χ2v) is 8.58. The molecule has 1 spiro atoms. The molecule has 1 aromatic heterocycles. The molecule has 0 unspecified atom stereocenters. The molecule has 1 aromatic carbocycles. The van der Waals surface area contributed by atoms with Crippen LogP contribution in [0.25, 0.3) is 10.9 Å². The Bertz CT molecular complexity index is 844. The van der Waals surface area contributed by atoms with Crippen LogP contribution in [0.1, 0.15) is 12.8 Å². The summed E-state index contributed by atoms with van der Waals surface area (Å²) in [6.45, 7) is 1.89. The molecule has 8 heteroatoms. The number of nitrogens with one attached hydrogen (secondary N) is 1. The van der Waals surface area contributed by atoms with Gasteiger partial charge in [0.15, 0.2) is 0 Å². The topological polar surface area (TPSA) is 69.3 Å². The highest BCUT2D eigenvalue weighted by Crippen LogP contribution is 2.47. The standard InChI is InChI=1S/C14H17ClN4O2S/c1-22(20,21)19-5-4-18(9-14(19)2-3-14)13-7-10(15)6-12-11(13)8-16-17-12/h6-8H,2-5,9H2,1H3,(H,16,17). The van der Waals surface area contributed by atoms with Crippen molar-refractivity contribution in [2.75, 3.05) is 30.8 Å². The van der Waals surface area contributed by atoms with Gasteiger partial charge < -0.3 is 4.90 Å². The first-order chi connectivity index (χ1) is 10.4. The summed E-state index contributed by atoms with van der Waals surface area (Å²) in [6, 6.07) is 3.79. The fourth-order valence-electron chi connectivity index (χ4n) is 3.50. The van der Waals surface area contributed by atoms with Gasteiger partial charge in [0, 0.05) is 35.7 Å². The number of halogens is 1. The summed E-state index contributed by atoms with van der Waals surface area (Å²) in [5.41, 5.74) is 1.69. The highest BCUT2D eigenvalue weighted by atomic mass is 35.5. The number of hydrogen-bond donors (Lipinski definition) is 1. The van der Waals surface area contributed by atoms with E-state index in [-0.39, 0.29) is 5.54 Å². The average molecular weight is 341 g/mol. The third kappa shape index (κ3) is 2.19. The summed E-state index contributed by atoms with van der Waals surface area (Å²) in [7, 11) is -3.15. The average Bonchev–Trinajstić information content (AvgIpc) is 3.01. The van der Waals surface area contributed by atoms with Crippen molar-refractivity contribution in [2.45, 2.75) is 18.4 Å². The second-order valence-electron chi connectivity index (χ2n) is 6.24. The summed E-state index contributed by atoms with van der Waals surface area (Å²) in [5, 5.41) is 8.71. The SMILES string of the molecule is CS(=O)(=O)N1CCN(c2cc(Cl)cc3[nH]ncc23)CC12CC2. The number of hydrogen-bond acceptors (Lipinski definition) is 4. The van der Waals surface area contributed by atoms with Crippen LogP contribution in [0.3, 0.4) is 0 Å². The smallest absolute Gasteiger partial charge is 0.211 e. The number of sulfonamides is 1. The zero-order valence-corrected chi connectivity index (χ0v) is 13.8. The van der Waals surface area contributed by atoms with Crippen molar-refractivity contribution < 1.29 is 8.42 Å². The van der Waals surface area contributed by atoms with Crippen LogP contribution in [-0.2, 0) is 10.0 Å². The molecule has 22 heavy (non-hydrogen) atoms. The van der Waals surface area contributed by atoms with Gasteiger partial charge in [-0.25, -0.2) is 8.42 Å². The maximum atomic E-state index is 12.0. The van der Waals surface area contributed by atoms with Crippen molar-refractivity contribution in [3.8, 4) is 0 Å². The molecule has 0 amide bonds. The van der Waals surface area contributed by atoms with Gasteiger partial charge in [-0.3, -0.25) is 5.10 Å². The lowest BCUT2D eigenvalue weighted by Gasteiger charge is -2.41. The van der Waals surface area contributed by atoms with Crippen LogP contribution >= 0.6 is 11.6 Å². The number of benzene rings is 1. The van der Waals surface area contributed by atoms with Crippen molar-refractivity contribution in [3.63, 3.8) is 0 Å². The molecule has 2 fully saturated rings. The van der Waals surface area contributed by atoms with Crippen molar-refractivity contribution in [1.29, 1.82) is 0 Å². The number of nitrogens with zero attached hydrogens (tertiary/aromatic N) is 3. The first kappa shape index (κ1) is 14.3. The molecule has 2 aromatic rings. The van der Waals surface area contributed by atoms with Crippen LogP contribution in [0.15, 0.2) is 18.3 Å². The molecule has 0 bridgehead atoms. The number of aromatic amines is 1. The molecule has 2 aliphatic rings. The number of piperazine rings is 1. The molecular weight excluding hydrogens is 324 g/mol. The molecule has 1 saturated carbocycles. The maximum absolute atomic E-state index is 12.0. The highest BCUT2D eigenvalue weighted by molar-refractivity contribution is 7.88. The molecule has 1 aliphatic carbocycles. The third-order valence-electron chi connectivity index (χ3n) is 4.66. The van der Waals surface area contributed by atoms with Crippen LogP contribution < -0.4 is 4.90 Å². The van der Waals surface area contributed by atoms with Gasteiger partial charge in [-0.05, 0) is 25.0 Å². The minimum absolute atomic E-state index is 0.232. The van der Waals surface area contributed by atoms with Crippen LogP contribution in [0.2, 0.25) is 5.02 Å². The molecule has 2 heterocycles. The lowest BCUT2D eigenvalue weighted by molar-refractivity contribution is 0.273. The quantitative estimate of drug-likeness (QED) is 0.905. The fraction of sp³-hybridized carbons (Fsp3) is 0.500. The summed E-state index contributed by atoms with van der Waals surface area (Å²) >= 11 is 6.21. The summed E-state index contributed by atoms with van der Waals surface area (Å²) < 4.78 is 25.6. The van der Waals surface area contributed by atoms with Crippen molar-refractivity contribution in [1.82, 2.24) is 14.5 Å². The van der Waals surface area contributed by atoms with E-state index in [0.717, 1.165) is 29.4 Å². The molecular formula is C14H17ClN4O2S. The Balaban J connectivity index is 1.72. The van der Waals surface area contributed by atoms with E-state index in [1.807, 2.05) is 12.1 Å². The van der Waals surface area contributed by atoms with Gasteiger partial charge in [0.05, 0.1) is 23.5 Å². The number of rotatable bonds is 2. The molecule has 1 aliphatic heterocycles.